The Morgan fingerprint density at radius 2 is 2.00 bits per heavy atom. The second-order valence-corrected chi connectivity index (χ2v) is 10.9. The lowest BCUT2D eigenvalue weighted by Gasteiger charge is -2.39. The van der Waals surface area contributed by atoms with Gasteiger partial charge in [-0.3, -0.25) is 10.4 Å². The van der Waals surface area contributed by atoms with Gasteiger partial charge in [0.1, 0.15) is 11.4 Å². The van der Waals surface area contributed by atoms with Crippen LogP contribution in [0.15, 0.2) is 67.1 Å². The third-order valence-electron chi connectivity index (χ3n) is 7.06. The summed E-state index contributed by atoms with van der Waals surface area (Å²) in [5.74, 6) is 0.937. The molecule has 3 N–H and O–H groups in total. The van der Waals surface area contributed by atoms with Gasteiger partial charge >= 0.3 is 6.09 Å². The number of carbonyl (C=O) groups is 1. The van der Waals surface area contributed by atoms with Crippen molar-refractivity contribution >= 4 is 17.6 Å². The first-order valence-electron chi connectivity index (χ1n) is 13.0. The smallest absolute Gasteiger partial charge is 0.422 e. The van der Waals surface area contributed by atoms with E-state index in [2.05, 4.69) is 68.5 Å². The molecule has 2 aliphatic rings. The van der Waals surface area contributed by atoms with E-state index < -0.39 is 11.7 Å². The Balaban J connectivity index is 1.44. The number of benzene rings is 1. The maximum absolute atomic E-state index is 12.2. The van der Waals surface area contributed by atoms with Crippen molar-refractivity contribution in [2.45, 2.75) is 57.1 Å². The molecule has 2 aliphatic heterocycles. The van der Waals surface area contributed by atoms with Crippen LogP contribution in [-0.4, -0.2) is 47.3 Å². The van der Waals surface area contributed by atoms with Crippen molar-refractivity contribution in [3.63, 3.8) is 0 Å². The lowest BCUT2D eigenvalue weighted by atomic mass is 9.71. The van der Waals surface area contributed by atoms with Gasteiger partial charge in [-0.05, 0) is 63.3 Å². The predicted molar refractivity (Wildman–Crippen MR) is 146 cm³/mol. The van der Waals surface area contributed by atoms with Gasteiger partial charge in [0, 0.05) is 60.9 Å². The van der Waals surface area contributed by atoms with Crippen molar-refractivity contribution in [1.29, 1.82) is 0 Å². The van der Waals surface area contributed by atoms with E-state index in [4.69, 9.17) is 9.72 Å². The Bertz CT molecular complexity index is 1210. The molecule has 1 fully saturated rings. The van der Waals surface area contributed by atoms with E-state index in [0.29, 0.717) is 0 Å². The Morgan fingerprint density at radius 3 is 2.76 bits per heavy atom. The van der Waals surface area contributed by atoms with Crippen molar-refractivity contribution in [3.8, 4) is 0 Å². The molecule has 1 aromatic carbocycles. The minimum absolute atomic E-state index is 0.101. The van der Waals surface area contributed by atoms with E-state index in [1.807, 2.05) is 45.4 Å². The summed E-state index contributed by atoms with van der Waals surface area (Å²) in [7, 11) is 0. The second-order valence-electron chi connectivity index (χ2n) is 10.9. The third-order valence-corrected chi connectivity index (χ3v) is 7.06. The van der Waals surface area contributed by atoms with E-state index in [1.165, 1.54) is 22.4 Å². The highest BCUT2D eigenvalue weighted by Crippen LogP contribution is 2.48. The minimum atomic E-state index is -0.538. The molecule has 5 rings (SSSR count). The molecule has 3 aromatic rings. The van der Waals surface area contributed by atoms with Crippen LogP contribution in [0.3, 0.4) is 0 Å². The zero-order valence-electron chi connectivity index (χ0n) is 21.8. The maximum Gasteiger partial charge on any atom is 0.422 e. The molecule has 4 heterocycles. The number of nitrogens with one attached hydrogen (secondary N) is 3. The number of carbonyl (C=O) groups excluding carboxylic acids is 1. The lowest BCUT2D eigenvalue weighted by Crippen LogP contribution is -2.53. The number of nitrogens with zero attached hydrogens (tertiary/aromatic N) is 3. The summed E-state index contributed by atoms with van der Waals surface area (Å²) in [4.78, 5) is 23.7. The van der Waals surface area contributed by atoms with Crippen LogP contribution < -0.4 is 21.1 Å². The zero-order valence-corrected chi connectivity index (χ0v) is 21.8. The van der Waals surface area contributed by atoms with E-state index >= 15 is 0 Å². The second kappa shape index (κ2) is 10.4. The fourth-order valence-corrected chi connectivity index (χ4v) is 5.53. The van der Waals surface area contributed by atoms with Gasteiger partial charge in [-0.2, -0.15) is 0 Å². The summed E-state index contributed by atoms with van der Waals surface area (Å²) in [6.45, 7) is 8.05. The van der Waals surface area contributed by atoms with Crippen molar-refractivity contribution in [2.75, 3.05) is 29.9 Å². The van der Waals surface area contributed by atoms with E-state index in [0.717, 1.165) is 44.7 Å². The van der Waals surface area contributed by atoms with Crippen molar-refractivity contribution < 1.29 is 9.53 Å². The van der Waals surface area contributed by atoms with E-state index in [1.54, 1.807) is 0 Å². The summed E-state index contributed by atoms with van der Waals surface area (Å²) >= 11 is 0. The fraction of sp³-hybridized carbons (Fsp3) is 0.414. The van der Waals surface area contributed by atoms with Crippen LogP contribution >= 0.6 is 0 Å². The van der Waals surface area contributed by atoms with Gasteiger partial charge in [-0.15, -0.1) is 0 Å². The van der Waals surface area contributed by atoms with Gasteiger partial charge < -0.3 is 15.0 Å². The highest BCUT2D eigenvalue weighted by Gasteiger charge is 2.44. The molecule has 8 heteroatoms. The molecule has 2 aromatic heterocycles. The monoisotopic (exact) mass is 500 g/mol. The molecule has 0 aliphatic carbocycles. The average Bonchev–Trinajstić information content (AvgIpc) is 3.27. The highest BCUT2D eigenvalue weighted by atomic mass is 16.6. The number of rotatable bonds is 6. The lowest BCUT2D eigenvalue weighted by molar-refractivity contribution is 0.0485. The SMILES string of the molecule is CC(C)(C)OC(=O)NN[C@@H]1CCCN(c2ccnc3c2C(Cc2cccnc2)(c2ccccc2)CN3)C1. The number of pyridine rings is 2. The first-order chi connectivity index (χ1) is 17.8. The van der Waals surface area contributed by atoms with E-state index in [-0.39, 0.29) is 11.5 Å². The summed E-state index contributed by atoms with van der Waals surface area (Å²) < 4.78 is 5.39. The molecule has 8 nitrogen and oxygen atoms in total. The quantitative estimate of drug-likeness (QED) is 0.431. The predicted octanol–water partition coefficient (Wildman–Crippen LogP) is 4.43. The van der Waals surface area contributed by atoms with Crippen LogP contribution in [0.5, 0.6) is 0 Å². The number of hydrazine groups is 1. The van der Waals surface area contributed by atoms with Gasteiger partial charge in [0.2, 0.25) is 0 Å². The summed E-state index contributed by atoms with van der Waals surface area (Å²) in [5, 5.41) is 3.61. The van der Waals surface area contributed by atoms with Crippen molar-refractivity contribution in [1.82, 2.24) is 20.8 Å². The molecule has 0 saturated carbocycles. The standard InChI is InChI=1S/C29H36N6O2/c1-28(2,3)37-27(36)34-33-23-12-8-16-35(19-23)24-13-15-31-26-25(24)29(20-32-26,22-10-5-4-6-11-22)17-21-9-7-14-30-18-21/h4-7,9-11,13-15,18,23,33H,8,12,16-17,19-20H2,1-3H3,(H,31,32)(H,34,36)/t23-,29?/m1/s1. The molecule has 0 spiro atoms. The van der Waals surface area contributed by atoms with Gasteiger partial charge in [-0.1, -0.05) is 36.4 Å². The topological polar surface area (TPSA) is 91.4 Å². The van der Waals surface area contributed by atoms with Crippen LogP contribution in [0.25, 0.3) is 0 Å². The molecular weight excluding hydrogens is 464 g/mol. The number of anilines is 2. The number of fused-ring (bicyclic) bond motifs is 1. The largest absolute Gasteiger partial charge is 0.443 e. The number of aromatic nitrogens is 2. The van der Waals surface area contributed by atoms with Crippen molar-refractivity contribution in [3.05, 3.63) is 83.8 Å². The van der Waals surface area contributed by atoms with Gasteiger partial charge in [0.15, 0.2) is 0 Å². The Morgan fingerprint density at radius 1 is 1.16 bits per heavy atom. The van der Waals surface area contributed by atoms with Gasteiger partial charge in [-0.25, -0.2) is 15.2 Å². The third kappa shape index (κ3) is 5.54. The first kappa shape index (κ1) is 25.0. The first-order valence-corrected chi connectivity index (χ1v) is 13.0. The zero-order chi connectivity index (χ0) is 25.9. The number of hydrogen-bond donors (Lipinski definition) is 3. The van der Waals surface area contributed by atoms with Gasteiger partial charge in [0.25, 0.3) is 0 Å². The molecule has 0 bridgehead atoms. The highest BCUT2D eigenvalue weighted by molar-refractivity contribution is 5.73. The van der Waals surface area contributed by atoms with Crippen LogP contribution in [0.2, 0.25) is 0 Å². The summed E-state index contributed by atoms with van der Waals surface area (Å²) in [6.07, 6.45) is 8.01. The van der Waals surface area contributed by atoms with Crippen LogP contribution in [-0.2, 0) is 16.6 Å². The molecule has 0 radical (unpaired) electrons. The molecule has 2 atom stereocenters. The molecule has 1 unspecified atom stereocenters. The maximum atomic E-state index is 12.2. The molecule has 1 amide bonds. The number of ether oxygens (including phenoxy) is 1. The van der Waals surface area contributed by atoms with E-state index in [9.17, 15) is 4.79 Å². The Kier molecular flexibility index (Phi) is 7.02. The summed E-state index contributed by atoms with van der Waals surface area (Å²) in [5.41, 5.74) is 9.99. The minimum Gasteiger partial charge on any atom is -0.443 e. The Labute approximate surface area is 218 Å². The average molecular weight is 501 g/mol. The van der Waals surface area contributed by atoms with Crippen LogP contribution in [0.4, 0.5) is 16.3 Å². The summed E-state index contributed by atoms with van der Waals surface area (Å²) in [6, 6.07) is 17.1. The molecule has 37 heavy (non-hydrogen) atoms. The molecule has 194 valence electrons. The molecule has 1 saturated heterocycles. The van der Waals surface area contributed by atoms with Crippen molar-refractivity contribution in [2.24, 2.45) is 0 Å². The fourth-order valence-electron chi connectivity index (χ4n) is 5.53. The number of amides is 1. The van der Waals surface area contributed by atoms with Crippen LogP contribution in [0.1, 0.15) is 50.3 Å². The number of hydrogen-bond acceptors (Lipinski definition) is 7. The Hall–Kier alpha value is -3.65. The molecular formula is C29H36N6O2. The normalized spacial score (nSPS) is 21.2. The number of piperidine rings is 1. The van der Waals surface area contributed by atoms with Gasteiger partial charge in [0.05, 0.1) is 0 Å². The van der Waals surface area contributed by atoms with Crippen LogP contribution in [0, 0.1) is 0 Å².